The monoisotopic (exact) mass is 332 g/mol. The quantitative estimate of drug-likeness (QED) is 0.781. The highest BCUT2D eigenvalue weighted by Gasteiger charge is 2.30. The van der Waals surface area contributed by atoms with Crippen LogP contribution in [-0.4, -0.2) is 36.9 Å². The molecule has 0 aliphatic carbocycles. The van der Waals surface area contributed by atoms with Gasteiger partial charge in [-0.25, -0.2) is 9.59 Å². The van der Waals surface area contributed by atoms with Crippen LogP contribution in [0.15, 0.2) is 24.3 Å². The van der Waals surface area contributed by atoms with Gasteiger partial charge in [0.2, 0.25) is 0 Å². The molecule has 0 unspecified atom stereocenters. The van der Waals surface area contributed by atoms with Crippen molar-refractivity contribution in [3.05, 3.63) is 35.4 Å². The molecule has 0 saturated carbocycles. The largest absolute Gasteiger partial charge is 0.492 e. The number of benzene rings is 2. The van der Waals surface area contributed by atoms with Crippen molar-refractivity contribution >= 4 is 22.7 Å². The number of rotatable bonds is 7. The van der Waals surface area contributed by atoms with E-state index in [4.69, 9.17) is 14.2 Å². The number of fused-ring (bicyclic) bond motifs is 1. The molecule has 6 heteroatoms. The Balaban J connectivity index is 2.96. The number of esters is 1. The molecule has 0 radical (unpaired) electrons. The normalized spacial score (nSPS) is 10.5. The number of carboxylic acids is 1. The third kappa shape index (κ3) is 3.13. The molecular weight excluding hydrogens is 312 g/mol. The topological polar surface area (TPSA) is 82.1 Å². The Morgan fingerprint density at radius 3 is 1.79 bits per heavy atom. The number of carbonyl (C=O) groups is 2. The number of aromatic carboxylic acids is 1. The molecule has 2 rings (SSSR count). The van der Waals surface area contributed by atoms with Gasteiger partial charge in [0, 0.05) is 10.8 Å². The van der Waals surface area contributed by atoms with Crippen LogP contribution < -0.4 is 9.47 Å². The van der Waals surface area contributed by atoms with E-state index >= 15 is 0 Å². The summed E-state index contributed by atoms with van der Waals surface area (Å²) in [7, 11) is 0. The summed E-state index contributed by atoms with van der Waals surface area (Å²) in [5, 5.41) is 10.9. The molecule has 0 amide bonds. The van der Waals surface area contributed by atoms with Crippen LogP contribution in [-0.2, 0) is 4.74 Å². The molecule has 0 aliphatic heterocycles. The Kier molecular flexibility index (Phi) is 5.63. The summed E-state index contributed by atoms with van der Waals surface area (Å²) in [4.78, 5) is 24.3. The van der Waals surface area contributed by atoms with Crippen LogP contribution in [0.25, 0.3) is 10.8 Å². The molecule has 128 valence electrons. The molecule has 0 aromatic heterocycles. The Morgan fingerprint density at radius 2 is 1.38 bits per heavy atom. The van der Waals surface area contributed by atoms with E-state index in [0.717, 1.165) is 0 Å². The van der Waals surface area contributed by atoms with Crippen molar-refractivity contribution < 1.29 is 28.9 Å². The maximum atomic E-state index is 12.4. The van der Waals surface area contributed by atoms with Crippen LogP contribution in [0.3, 0.4) is 0 Å². The Labute approximate surface area is 139 Å². The third-order valence-electron chi connectivity index (χ3n) is 3.39. The number of ether oxygens (including phenoxy) is 3. The predicted molar refractivity (Wildman–Crippen MR) is 89.2 cm³/mol. The van der Waals surface area contributed by atoms with Gasteiger partial charge in [-0.2, -0.15) is 0 Å². The molecule has 1 N–H and O–H groups in total. The average Bonchev–Trinajstić information content (AvgIpc) is 2.56. The van der Waals surface area contributed by atoms with Gasteiger partial charge in [-0.3, -0.25) is 0 Å². The average molecular weight is 332 g/mol. The number of hydrogen-bond acceptors (Lipinski definition) is 5. The highest BCUT2D eigenvalue weighted by molar-refractivity contribution is 6.14. The van der Waals surface area contributed by atoms with Crippen molar-refractivity contribution in [3.8, 4) is 11.5 Å². The van der Waals surface area contributed by atoms with Crippen molar-refractivity contribution in [1.82, 2.24) is 0 Å². The standard InChI is InChI=1S/C18H20O6/c1-4-22-15-11-9-7-8-10-12(11)16(23-5-2)14(13(15)17(19)20)18(21)24-6-3/h7-10H,4-6H2,1-3H3,(H,19,20). The SMILES string of the molecule is CCOC(=O)c1c(C(=O)O)c(OCC)c2ccccc2c1OCC. The van der Waals surface area contributed by atoms with Crippen molar-refractivity contribution in [1.29, 1.82) is 0 Å². The van der Waals surface area contributed by atoms with Crippen LogP contribution >= 0.6 is 0 Å². The minimum Gasteiger partial charge on any atom is -0.492 e. The van der Waals surface area contributed by atoms with Gasteiger partial charge in [0.25, 0.3) is 0 Å². The highest BCUT2D eigenvalue weighted by Crippen LogP contribution is 2.41. The van der Waals surface area contributed by atoms with E-state index in [0.29, 0.717) is 10.8 Å². The second-order valence-electron chi connectivity index (χ2n) is 4.85. The van der Waals surface area contributed by atoms with E-state index in [-0.39, 0.29) is 42.4 Å². The zero-order chi connectivity index (χ0) is 17.7. The smallest absolute Gasteiger partial charge is 0.342 e. The van der Waals surface area contributed by atoms with Gasteiger partial charge in [0.1, 0.15) is 22.6 Å². The lowest BCUT2D eigenvalue weighted by molar-refractivity contribution is 0.0508. The van der Waals surface area contributed by atoms with Crippen molar-refractivity contribution in [2.75, 3.05) is 19.8 Å². The van der Waals surface area contributed by atoms with E-state index in [2.05, 4.69) is 0 Å². The van der Waals surface area contributed by atoms with E-state index in [1.807, 2.05) is 0 Å². The van der Waals surface area contributed by atoms with Gasteiger partial charge in [-0.05, 0) is 20.8 Å². The fraction of sp³-hybridized carbons (Fsp3) is 0.333. The second kappa shape index (κ2) is 7.68. The first-order valence-corrected chi connectivity index (χ1v) is 7.81. The number of carbonyl (C=O) groups excluding carboxylic acids is 1. The second-order valence-corrected chi connectivity index (χ2v) is 4.85. The molecular formula is C18H20O6. The summed E-state index contributed by atoms with van der Waals surface area (Å²) in [6.45, 7) is 5.84. The minimum absolute atomic E-state index is 0.117. The fourth-order valence-corrected chi connectivity index (χ4v) is 2.57. The molecule has 2 aromatic rings. The first kappa shape index (κ1) is 17.6. The van der Waals surface area contributed by atoms with Gasteiger partial charge in [0.15, 0.2) is 0 Å². The van der Waals surface area contributed by atoms with Gasteiger partial charge in [-0.1, -0.05) is 24.3 Å². The maximum absolute atomic E-state index is 12.4. The molecule has 0 fully saturated rings. The summed E-state index contributed by atoms with van der Waals surface area (Å²) >= 11 is 0. The Morgan fingerprint density at radius 1 is 0.875 bits per heavy atom. The van der Waals surface area contributed by atoms with Crippen molar-refractivity contribution in [3.63, 3.8) is 0 Å². The fourth-order valence-electron chi connectivity index (χ4n) is 2.57. The van der Waals surface area contributed by atoms with Gasteiger partial charge >= 0.3 is 11.9 Å². The molecule has 0 saturated heterocycles. The molecule has 0 spiro atoms. The highest BCUT2D eigenvalue weighted by atomic mass is 16.5. The number of carboxylic acid groups (broad SMARTS) is 1. The van der Waals surface area contributed by atoms with Gasteiger partial charge in [-0.15, -0.1) is 0 Å². The summed E-state index contributed by atoms with van der Waals surface area (Å²) in [6, 6.07) is 7.06. The summed E-state index contributed by atoms with van der Waals surface area (Å²) in [5.41, 5.74) is -0.356. The van der Waals surface area contributed by atoms with Gasteiger partial charge < -0.3 is 19.3 Å². The van der Waals surface area contributed by atoms with Crippen LogP contribution in [0.1, 0.15) is 41.5 Å². The first-order chi connectivity index (χ1) is 11.6. The maximum Gasteiger partial charge on any atom is 0.342 e. The first-order valence-electron chi connectivity index (χ1n) is 7.81. The molecule has 6 nitrogen and oxygen atoms in total. The van der Waals surface area contributed by atoms with Crippen LogP contribution in [0, 0.1) is 0 Å². The minimum atomic E-state index is -1.27. The van der Waals surface area contributed by atoms with E-state index in [9.17, 15) is 14.7 Å². The molecule has 0 heterocycles. The predicted octanol–water partition coefficient (Wildman–Crippen LogP) is 3.51. The lowest BCUT2D eigenvalue weighted by Gasteiger charge is -2.19. The van der Waals surface area contributed by atoms with Gasteiger partial charge in [0.05, 0.1) is 19.8 Å². The van der Waals surface area contributed by atoms with Crippen molar-refractivity contribution in [2.45, 2.75) is 20.8 Å². The third-order valence-corrected chi connectivity index (χ3v) is 3.39. The zero-order valence-electron chi connectivity index (χ0n) is 13.9. The molecule has 0 atom stereocenters. The zero-order valence-corrected chi connectivity index (χ0v) is 13.9. The van der Waals surface area contributed by atoms with E-state index in [1.54, 1.807) is 45.0 Å². The van der Waals surface area contributed by atoms with E-state index < -0.39 is 11.9 Å². The summed E-state index contributed by atoms with van der Waals surface area (Å²) in [6.07, 6.45) is 0. The summed E-state index contributed by atoms with van der Waals surface area (Å²) < 4.78 is 16.2. The molecule has 2 aromatic carbocycles. The van der Waals surface area contributed by atoms with Crippen molar-refractivity contribution in [2.24, 2.45) is 0 Å². The Bertz CT molecular complexity index is 766. The van der Waals surface area contributed by atoms with Crippen LogP contribution in [0.4, 0.5) is 0 Å². The lowest BCUT2D eigenvalue weighted by atomic mass is 9.97. The van der Waals surface area contributed by atoms with E-state index in [1.165, 1.54) is 0 Å². The Hall–Kier alpha value is -2.76. The number of hydrogen-bond donors (Lipinski definition) is 1. The molecule has 0 aliphatic rings. The molecule has 0 bridgehead atoms. The molecule has 24 heavy (non-hydrogen) atoms. The van der Waals surface area contributed by atoms with Crippen LogP contribution in [0.2, 0.25) is 0 Å². The van der Waals surface area contributed by atoms with Crippen LogP contribution in [0.5, 0.6) is 11.5 Å². The summed E-state index contributed by atoms with van der Waals surface area (Å²) in [5.74, 6) is -1.67. The lowest BCUT2D eigenvalue weighted by Crippen LogP contribution is -2.16.